The van der Waals surface area contributed by atoms with Crippen molar-refractivity contribution < 1.29 is 9.59 Å². The van der Waals surface area contributed by atoms with Crippen LogP contribution in [0.3, 0.4) is 0 Å². The van der Waals surface area contributed by atoms with Crippen molar-refractivity contribution in [3.8, 4) is 0 Å². The first-order chi connectivity index (χ1) is 9.15. The van der Waals surface area contributed by atoms with Gasteiger partial charge in [-0.05, 0) is 25.2 Å². The summed E-state index contributed by atoms with van der Waals surface area (Å²) in [6.45, 7) is 1.58. The molecule has 5 nitrogen and oxygen atoms in total. The molecule has 3 rings (SSSR count). The van der Waals surface area contributed by atoms with Crippen molar-refractivity contribution >= 4 is 11.8 Å². The van der Waals surface area contributed by atoms with Crippen LogP contribution in [0.25, 0.3) is 0 Å². The normalized spacial score (nSPS) is 35.4. The molecule has 0 aromatic rings. The summed E-state index contributed by atoms with van der Waals surface area (Å²) in [5, 5.41) is 3.50. The molecule has 5 heteroatoms. The van der Waals surface area contributed by atoms with Gasteiger partial charge in [0.25, 0.3) is 0 Å². The Morgan fingerprint density at radius 2 is 2.05 bits per heavy atom. The third-order valence-corrected chi connectivity index (χ3v) is 4.93. The van der Waals surface area contributed by atoms with Crippen molar-refractivity contribution in [1.82, 2.24) is 15.1 Å². The van der Waals surface area contributed by atoms with Crippen LogP contribution in [0, 0.1) is 5.92 Å². The molecule has 0 radical (unpaired) electrons. The van der Waals surface area contributed by atoms with E-state index in [1.165, 1.54) is 25.7 Å². The van der Waals surface area contributed by atoms with Gasteiger partial charge in [0.05, 0.1) is 12.6 Å². The Labute approximate surface area is 114 Å². The average Bonchev–Trinajstić information content (AvgIpc) is 2.85. The summed E-state index contributed by atoms with van der Waals surface area (Å²) < 4.78 is 0. The molecule has 2 aliphatic heterocycles. The minimum absolute atomic E-state index is 0.0509. The maximum atomic E-state index is 12.5. The Morgan fingerprint density at radius 1 is 1.26 bits per heavy atom. The fraction of sp³-hybridized carbons (Fsp3) is 0.857. The molecule has 3 aliphatic rings. The van der Waals surface area contributed by atoms with E-state index in [-0.39, 0.29) is 24.4 Å². The smallest absolute Gasteiger partial charge is 0.241 e. The fourth-order valence-corrected chi connectivity index (χ4v) is 3.68. The standard InChI is InChI=1S/C14H23N3O2/c1-16-6-7-17(9-13(16)18)14(19)12-8-10-4-2-3-5-11(10)15-12/h10-12,15H,2-9H2,1H3. The summed E-state index contributed by atoms with van der Waals surface area (Å²) in [4.78, 5) is 27.6. The highest BCUT2D eigenvalue weighted by Crippen LogP contribution is 2.33. The quantitative estimate of drug-likeness (QED) is 0.737. The van der Waals surface area contributed by atoms with Crippen LogP contribution in [-0.4, -0.2) is 60.4 Å². The molecule has 2 amide bonds. The van der Waals surface area contributed by atoms with Gasteiger partial charge in [-0.25, -0.2) is 0 Å². The van der Waals surface area contributed by atoms with Gasteiger partial charge in [0, 0.05) is 26.2 Å². The molecular formula is C14H23N3O2. The minimum Gasteiger partial charge on any atom is -0.342 e. The van der Waals surface area contributed by atoms with Crippen LogP contribution in [0.5, 0.6) is 0 Å². The van der Waals surface area contributed by atoms with Crippen molar-refractivity contribution in [1.29, 1.82) is 0 Å². The molecule has 0 bridgehead atoms. The van der Waals surface area contributed by atoms with Crippen molar-refractivity contribution in [3.63, 3.8) is 0 Å². The third kappa shape index (κ3) is 2.48. The van der Waals surface area contributed by atoms with Crippen LogP contribution in [0.4, 0.5) is 0 Å². The number of amides is 2. The van der Waals surface area contributed by atoms with Crippen molar-refractivity contribution in [2.75, 3.05) is 26.7 Å². The second-order valence-corrected chi connectivity index (χ2v) is 6.18. The van der Waals surface area contributed by atoms with Gasteiger partial charge in [0.1, 0.15) is 0 Å². The molecular weight excluding hydrogens is 242 g/mol. The van der Waals surface area contributed by atoms with Gasteiger partial charge < -0.3 is 15.1 Å². The van der Waals surface area contributed by atoms with Crippen LogP contribution in [0.15, 0.2) is 0 Å². The van der Waals surface area contributed by atoms with Gasteiger partial charge in [-0.15, -0.1) is 0 Å². The van der Waals surface area contributed by atoms with Crippen LogP contribution in [0.2, 0.25) is 0 Å². The highest BCUT2D eigenvalue weighted by atomic mass is 16.2. The molecule has 3 unspecified atom stereocenters. The zero-order valence-electron chi connectivity index (χ0n) is 11.6. The van der Waals surface area contributed by atoms with Gasteiger partial charge in [-0.2, -0.15) is 0 Å². The lowest BCUT2D eigenvalue weighted by Gasteiger charge is -2.33. The zero-order chi connectivity index (χ0) is 13.4. The molecule has 3 fully saturated rings. The molecule has 1 N–H and O–H groups in total. The lowest BCUT2D eigenvalue weighted by atomic mass is 9.85. The van der Waals surface area contributed by atoms with E-state index >= 15 is 0 Å². The number of piperazine rings is 1. The maximum Gasteiger partial charge on any atom is 0.241 e. The number of rotatable bonds is 1. The van der Waals surface area contributed by atoms with Crippen molar-refractivity contribution in [2.45, 2.75) is 44.2 Å². The molecule has 0 spiro atoms. The van der Waals surface area contributed by atoms with Gasteiger partial charge in [-0.3, -0.25) is 9.59 Å². The molecule has 19 heavy (non-hydrogen) atoms. The van der Waals surface area contributed by atoms with E-state index in [0.717, 1.165) is 6.42 Å². The first kappa shape index (κ1) is 12.9. The first-order valence-electron chi connectivity index (χ1n) is 7.44. The second kappa shape index (κ2) is 5.12. The minimum atomic E-state index is -0.0516. The predicted octanol–water partition coefficient (Wildman–Crippen LogP) is 0.208. The Morgan fingerprint density at radius 3 is 2.79 bits per heavy atom. The van der Waals surface area contributed by atoms with Crippen LogP contribution in [0.1, 0.15) is 32.1 Å². The topological polar surface area (TPSA) is 52.6 Å². The van der Waals surface area contributed by atoms with Crippen LogP contribution >= 0.6 is 0 Å². The zero-order valence-corrected chi connectivity index (χ0v) is 11.6. The van der Waals surface area contributed by atoms with Crippen LogP contribution < -0.4 is 5.32 Å². The lowest BCUT2D eigenvalue weighted by molar-refractivity contribution is -0.145. The van der Waals surface area contributed by atoms with E-state index in [9.17, 15) is 9.59 Å². The summed E-state index contributed by atoms with van der Waals surface area (Å²) in [5.41, 5.74) is 0. The van der Waals surface area contributed by atoms with Crippen molar-refractivity contribution in [2.24, 2.45) is 5.92 Å². The Balaban J connectivity index is 1.60. The number of carbonyl (C=O) groups excluding carboxylic acids is 2. The SMILES string of the molecule is CN1CCN(C(=O)C2CC3CCCCC3N2)CC1=O. The Hall–Kier alpha value is -1.10. The largest absolute Gasteiger partial charge is 0.342 e. The lowest BCUT2D eigenvalue weighted by Crippen LogP contribution is -2.54. The van der Waals surface area contributed by atoms with E-state index in [4.69, 9.17) is 0 Å². The van der Waals surface area contributed by atoms with E-state index in [2.05, 4.69) is 5.32 Å². The first-order valence-corrected chi connectivity index (χ1v) is 7.44. The highest BCUT2D eigenvalue weighted by molar-refractivity contribution is 5.88. The molecule has 0 aromatic heterocycles. The Kier molecular flexibility index (Phi) is 3.48. The monoisotopic (exact) mass is 265 g/mol. The number of fused-ring (bicyclic) bond motifs is 1. The van der Waals surface area contributed by atoms with E-state index < -0.39 is 0 Å². The number of hydrogen-bond donors (Lipinski definition) is 1. The number of likely N-dealkylation sites (N-methyl/N-ethyl adjacent to an activating group) is 1. The fourth-order valence-electron chi connectivity index (χ4n) is 3.68. The second-order valence-electron chi connectivity index (χ2n) is 6.18. The molecule has 2 saturated heterocycles. The van der Waals surface area contributed by atoms with E-state index in [1.807, 2.05) is 0 Å². The summed E-state index contributed by atoms with van der Waals surface area (Å²) >= 11 is 0. The molecule has 1 saturated carbocycles. The molecule has 1 aliphatic carbocycles. The number of nitrogens with one attached hydrogen (secondary N) is 1. The van der Waals surface area contributed by atoms with E-state index in [0.29, 0.717) is 25.0 Å². The van der Waals surface area contributed by atoms with Gasteiger partial charge >= 0.3 is 0 Å². The van der Waals surface area contributed by atoms with E-state index in [1.54, 1.807) is 16.8 Å². The summed E-state index contributed by atoms with van der Waals surface area (Å²) in [5.74, 6) is 0.858. The van der Waals surface area contributed by atoms with Gasteiger partial charge in [-0.1, -0.05) is 12.8 Å². The Bertz CT molecular complexity index is 371. The summed E-state index contributed by atoms with van der Waals surface area (Å²) in [6, 6.07) is 0.482. The van der Waals surface area contributed by atoms with Gasteiger partial charge in [0.2, 0.25) is 11.8 Å². The predicted molar refractivity (Wildman–Crippen MR) is 71.5 cm³/mol. The number of hydrogen-bond acceptors (Lipinski definition) is 3. The maximum absolute atomic E-state index is 12.5. The van der Waals surface area contributed by atoms with Crippen LogP contribution in [-0.2, 0) is 9.59 Å². The number of carbonyl (C=O) groups is 2. The molecule has 2 heterocycles. The third-order valence-electron chi connectivity index (χ3n) is 4.93. The molecule has 3 atom stereocenters. The summed E-state index contributed by atoms with van der Waals surface area (Å²) in [6.07, 6.45) is 6.00. The molecule has 106 valence electrons. The molecule has 0 aromatic carbocycles. The van der Waals surface area contributed by atoms with Crippen molar-refractivity contribution in [3.05, 3.63) is 0 Å². The summed E-state index contributed by atoms with van der Waals surface area (Å²) in [7, 11) is 1.80. The average molecular weight is 265 g/mol. The van der Waals surface area contributed by atoms with Gasteiger partial charge in [0.15, 0.2) is 0 Å². The highest BCUT2D eigenvalue weighted by Gasteiger charge is 2.40. The number of nitrogens with zero attached hydrogens (tertiary/aromatic N) is 2.